The van der Waals surface area contributed by atoms with Crippen LogP contribution in [0.15, 0.2) is 0 Å². The molecule has 0 aromatic carbocycles. The maximum absolute atomic E-state index is 11.4. The first kappa shape index (κ1) is 15.4. The van der Waals surface area contributed by atoms with Gasteiger partial charge in [0.2, 0.25) is 5.91 Å². The number of amides is 1. The van der Waals surface area contributed by atoms with Gasteiger partial charge in [0, 0.05) is 19.0 Å². The van der Waals surface area contributed by atoms with Gasteiger partial charge in [0.1, 0.15) is 0 Å². The highest BCUT2D eigenvalue weighted by atomic mass is 16.5. The second-order valence-corrected chi connectivity index (χ2v) is 5.35. The van der Waals surface area contributed by atoms with Gasteiger partial charge in [0.05, 0.1) is 12.7 Å². The SMILES string of the molecule is CC(N)CCC(=O)NCCOC1CCCCCC1. The largest absolute Gasteiger partial charge is 0.376 e. The van der Waals surface area contributed by atoms with E-state index in [0.717, 1.165) is 6.42 Å². The van der Waals surface area contributed by atoms with E-state index < -0.39 is 0 Å². The number of hydrogen-bond donors (Lipinski definition) is 2. The van der Waals surface area contributed by atoms with Gasteiger partial charge in [-0.15, -0.1) is 0 Å². The minimum atomic E-state index is 0.0803. The molecule has 4 nitrogen and oxygen atoms in total. The van der Waals surface area contributed by atoms with Crippen LogP contribution in [0.5, 0.6) is 0 Å². The molecule has 1 rings (SSSR count). The minimum Gasteiger partial charge on any atom is -0.376 e. The van der Waals surface area contributed by atoms with Gasteiger partial charge in [-0.05, 0) is 26.2 Å². The summed E-state index contributed by atoms with van der Waals surface area (Å²) >= 11 is 0. The Bertz CT molecular complexity index is 224. The molecule has 1 aliphatic carbocycles. The highest BCUT2D eigenvalue weighted by Crippen LogP contribution is 2.19. The maximum atomic E-state index is 11.4. The Hall–Kier alpha value is -0.610. The zero-order valence-corrected chi connectivity index (χ0v) is 11.6. The van der Waals surface area contributed by atoms with Crippen LogP contribution in [0.2, 0.25) is 0 Å². The predicted octanol–water partition coefficient (Wildman–Crippen LogP) is 1.97. The molecular formula is C14H28N2O2. The maximum Gasteiger partial charge on any atom is 0.220 e. The normalized spacial score (nSPS) is 19.2. The Morgan fingerprint density at radius 3 is 2.61 bits per heavy atom. The van der Waals surface area contributed by atoms with Gasteiger partial charge < -0.3 is 15.8 Å². The molecule has 1 unspecified atom stereocenters. The summed E-state index contributed by atoms with van der Waals surface area (Å²) in [4.78, 5) is 11.4. The van der Waals surface area contributed by atoms with Crippen LogP contribution in [-0.2, 0) is 9.53 Å². The number of carbonyl (C=O) groups excluding carboxylic acids is 1. The molecular weight excluding hydrogens is 228 g/mol. The molecule has 0 aliphatic heterocycles. The van der Waals surface area contributed by atoms with Crippen molar-refractivity contribution < 1.29 is 9.53 Å². The Kier molecular flexibility index (Phi) is 8.01. The van der Waals surface area contributed by atoms with Gasteiger partial charge in [-0.1, -0.05) is 25.7 Å². The summed E-state index contributed by atoms with van der Waals surface area (Å²) in [6.07, 6.45) is 9.28. The average molecular weight is 256 g/mol. The molecule has 18 heavy (non-hydrogen) atoms. The summed E-state index contributed by atoms with van der Waals surface area (Å²) in [5.74, 6) is 0.0803. The lowest BCUT2D eigenvalue weighted by Crippen LogP contribution is -2.30. The molecule has 0 spiro atoms. The Morgan fingerprint density at radius 1 is 1.33 bits per heavy atom. The Morgan fingerprint density at radius 2 is 2.00 bits per heavy atom. The van der Waals surface area contributed by atoms with Gasteiger partial charge in [-0.3, -0.25) is 4.79 Å². The summed E-state index contributed by atoms with van der Waals surface area (Å²) in [7, 11) is 0. The minimum absolute atomic E-state index is 0.0803. The molecule has 0 heterocycles. The van der Waals surface area contributed by atoms with E-state index in [2.05, 4.69) is 5.32 Å². The summed E-state index contributed by atoms with van der Waals surface area (Å²) < 4.78 is 5.80. The zero-order valence-electron chi connectivity index (χ0n) is 11.6. The number of nitrogens with two attached hydrogens (primary N) is 1. The predicted molar refractivity (Wildman–Crippen MR) is 73.3 cm³/mol. The Labute approximate surface area is 111 Å². The molecule has 106 valence electrons. The highest BCUT2D eigenvalue weighted by Gasteiger charge is 2.12. The summed E-state index contributed by atoms with van der Waals surface area (Å²) in [6, 6.07) is 0.0954. The monoisotopic (exact) mass is 256 g/mol. The first-order valence-corrected chi connectivity index (χ1v) is 7.32. The summed E-state index contributed by atoms with van der Waals surface area (Å²) in [5.41, 5.74) is 5.60. The highest BCUT2D eigenvalue weighted by molar-refractivity contribution is 5.75. The van der Waals surface area contributed by atoms with E-state index in [0.29, 0.717) is 25.7 Å². The van der Waals surface area contributed by atoms with Crippen LogP contribution >= 0.6 is 0 Å². The van der Waals surface area contributed by atoms with Crippen LogP contribution < -0.4 is 11.1 Å². The number of ether oxygens (including phenoxy) is 1. The van der Waals surface area contributed by atoms with Crippen molar-refractivity contribution in [3.8, 4) is 0 Å². The molecule has 0 aromatic heterocycles. The third-order valence-electron chi connectivity index (χ3n) is 3.41. The van der Waals surface area contributed by atoms with Crippen LogP contribution in [-0.4, -0.2) is 31.2 Å². The van der Waals surface area contributed by atoms with Gasteiger partial charge in [-0.2, -0.15) is 0 Å². The fourth-order valence-corrected chi connectivity index (χ4v) is 2.27. The fourth-order valence-electron chi connectivity index (χ4n) is 2.27. The number of rotatable bonds is 7. The van der Waals surface area contributed by atoms with Crippen molar-refractivity contribution in [1.29, 1.82) is 0 Å². The van der Waals surface area contributed by atoms with Crippen LogP contribution in [0.25, 0.3) is 0 Å². The number of nitrogens with one attached hydrogen (secondary N) is 1. The lowest BCUT2D eigenvalue weighted by Gasteiger charge is -2.15. The van der Waals surface area contributed by atoms with Gasteiger partial charge >= 0.3 is 0 Å². The van der Waals surface area contributed by atoms with Crippen LogP contribution in [0.4, 0.5) is 0 Å². The molecule has 3 N–H and O–H groups in total. The third kappa shape index (κ3) is 7.67. The summed E-state index contributed by atoms with van der Waals surface area (Å²) in [6.45, 7) is 3.17. The van der Waals surface area contributed by atoms with Gasteiger partial charge in [0.25, 0.3) is 0 Å². The lowest BCUT2D eigenvalue weighted by molar-refractivity contribution is -0.121. The molecule has 0 radical (unpaired) electrons. The smallest absolute Gasteiger partial charge is 0.220 e. The summed E-state index contributed by atoms with van der Waals surface area (Å²) in [5, 5.41) is 2.87. The van der Waals surface area contributed by atoms with E-state index in [-0.39, 0.29) is 11.9 Å². The average Bonchev–Trinajstić information content (AvgIpc) is 2.60. The van der Waals surface area contributed by atoms with Crippen molar-refractivity contribution in [2.75, 3.05) is 13.2 Å². The van der Waals surface area contributed by atoms with Crippen LogP contribution in [0.1, 0.15) is 58.3 Å². The van der Waals surface area contributed by atoms with E-state index in [9.17, 15) is 4.79 Å². The van der Waals surface area contributed by atoms with Crippen molar-refractivity contribution in [2.45, 2.75) is 70.4 Å². The van der Waals surface area contributed by atoms with Crippen LogP contribution in [0, 0.1) is 0 Å². The Balaban J connectivity index is 1.98. The standard InChI is InChI=1S/C14H28N2O2/c1-12(15)8-9-14(17)16-10-11-18-13-6-4-2-3-5-7-13/h12-13H,2-11,15H2,1H3,(H,16,17). The van der Waals surface area contributed by atoms with Crippen molar-refractivity contribution >= 4 is 5.91 Å². The number of carbonyl (C=O) groups is 1. The van der Waals surface area contributed by atoms with E-state index >= 15 is 0 Å². The number of hydrogen-bond acceptors (Lipinski definition) is 3. The van der Waals surface area contributed by atoms with Gasteiger partial charge in [-0.25, -0.2) is 0 Å². The fraction of sp³-hybridized carbons (Fsp3) is 0.929. The topological polar surface area (TPSA) is 64.4 Å². The second kappa shape index (κ2) is 9.34. The first-order valence-electron chi connectivity index (χ1n) is 7.32. The molecule has 0 aromatic rings. The lowest BCUT2D eigenvalue weighted by atomic mass is 10.1. The second-order valence-electron chi connectivity index (χ2n) is 5.35. The van der Waals surface area contributed by atoms with E-state index in [4.69, 9.17) is 10.5 Å². The molecule has 1 amide bonds. The molecule has 0 bridgehead atoms. The van der Waals surface area contributed by atoms with E-state index in [1.54, 1.807) is 0 Å². The molecule has 1 fully saturated rings. The van der Waals surface area contributed by atoms with Crippen LogP contribution in [0.3, 0.4) is 0 Å². The van der Waals surface area contributed by atoms with E-state index in [1.165, 1.54) is 38.5 Å². The quantitative estimate of drug-likeness (QED) is 0.540. The van der Waals surface area contributed by atoms with Crippen molar-refractivity contribution in [1.82, 2.24) is 5.32 Å². The van der Waals surface area contributed by atoms with Gasteiger partial charge in [0.15, 0.2) is 0 Å². The molecule has 1 aliphatic rings. The van der Waals surface area contributed by atoms with Crippen molar-refractivity contribution in [3.05, 3.63) is 0 Å². The molecule has 4 heteroatoms. The zero-order chi connectivity index (χ0) is 13.2. The van der Waals surface area contributed by atoms with E-state index in [1.807, 2.05) is 6.92 Å². The first-order chi connectivity index (χ1) is 8.68. The molecule has 1 saturated carbocycles. The van der Waals surface area contributed by atoms with Crippen molar-refractivity contribution in [3.63, 3.8) is 0 Å². The molecule has 1 atom stereocenters. The third-order valence-corrected chi connectivity index (χ3v) is 3.41. The van der Waals surface area contributed by atoms with Crippen molar-refractivity contribution in [2.24, 2.45) is 5.73 Å². The molecule has 0 saturated heterocycles.